The van der Waals surface area contributed by atoms with Gasteiger partial charge < -0.3 is 15.0 Å². The summed E-state index contributed by atoms with van der Waals surface area (Å²) in [6.45, 7) is 3.10. The van der Waals surface area contributed by atoms with Crippen LogP contribution < -0.4 is 14.4 Å². The number of nitrogens with zero attached hydrogens (tertiary/aromatic N) is 3. The molecule has 4 aromatic rings. The quantitative estimate of drug-likeness (QED) is 0.134. The van der Waals surface area contributed by atoms with Crippen molar-refractivity contribution in [1.29, 1.82) is 0 Å². The van der Waals surface area contributed by atoms with Crippen LogP contribution in [0.25, 0.3) is 0 Å². The molecule has 4 aromatic carbocycles. The van der Waals surface area contributed by atoms with Crippen molar-refractivity contribution >= 4 is 33.2 Å². The lowest BCUT2D eigenvalue weighted by atomic mass is 10.0. The number of nitro benzene ring substituents is 1. The van der Waals surface area contributed by atoms with Crippen molar-refractivity contribution in [3.05, 3.63) is 130 Å². The average Bonchev–Trinajstić information content (AvgIpc) is 3.09. The summed E-state index contributed by atoms with van der Waals surface area (Å²) in [6, 6.07) is 27.7. The van der Waals surface area contributed by atoms with Crippen LogP contribution in [0.5, 0.6) is 5.75 Å². The van der Waals surface area contributed by atoms with Crippen LogP contribution in [0.4, 0.5) is 11.4 Å². The lowest BCUT2D eigenvalue weighted by Crippen LogP contribution is -2.54. The molecule has 47 heavy (non-hydrogen) atoms. The van der Waals surface area contributed by atoms with Crippen LogP contribution in [0.1, 0.15) is 31.4 Å². The summed E-state index contributed by atoms with van der Waals surface area (Å²) in [5, 5.41) is 14.3. The van der Waals surface area contributed by atoms with E-state index >= 15 is 0 Å². The number of hydrogen-bond acceptors (Lipinski definition) is 7. The predicted octanol–water partition coefficient (Wildman–Crippen LogP) is 5.35. The second kappa shape index (κ2) is 15.9. The Morgan fingerprint density at radius 2 is 1.51 bits per heavy atom. The minimum Gasteiger partial charge on any atom is -0.497 e. The highest BCUT2D eigenvalue weighted by molar-refractivity contribution is 7.92. The van der Waals surface area contributed by atoms with E-state index in [-0.39, 0.29) is 41.2 Å². The second-order valence-electron chi connectivity index (χ2n) is 11.0. The van der Waals surface area contributed by atoms with Crippen molar-refractivity contribution in [2.24, 2.45) is 0 Å². The summed E-state index contributed by atoms with van der Waals surface area (Å²) in [5.41, 5.74) is 1.29. The molecule has 11 nitrogen and oxygen atoms in total. The highest BCUT2D eigenvalue weighted by Gasteiger charge is 2.35. The van der Waals surface area contributed by atoms with Gasteiger partial charge in [0.15, 0.2) is 0 Å². The van der Waals surface area contributed by atoms with E-state index in [1.165, 1.54) is 48.4 Å². The summed E-state index contributed by atoms with van der Waals surface area (Å²) < 4.78 is 34.4. The fourth-order valence-corrected chi connectivity index (χ4v) is 6.39. The first-order valence-electron chi connectivity index (χ1n) is 15.1. The molecule has 0 aliphatic rings. The van der Waals surface area contributed by atoms with Crippen molar-refractivity contribution in [2.45, 2.75) is 50.2 Å². The molecule has 0 aliphatic carbocycles. The number of nitrogens with one attached hydrogen (secondary N) is 1. The molecule has 4 rings (SSSR count). The predicted molar refractivity (Wildman–Crippen MR) is 179 cm³/mol. The summed E-state index contributed by atoms with van der Waals surface area (Å²) in [6.07, 6.45) is 0.832. The minimum atomic E-state index is -4.33. The lowest BCUT2D eigenvalue weighted by molar-refractivity contribution is -0.384. The van der Waals surface area contributed by atoms with Crippen LogP contribution in [0.3, 0.4) is 0 Å². The zero-order chi connectivity index (χ0) is 34.0. The smallest absolute Gasteiger partial charge is 0.269 e. The largest absolute Gasteiger partial charge is 0.497 e. The number of nitro groups is 1. The lowest BCUT2D eigenvalue weighted by Gasteiger charge is -2.34. The number of rotatable bonds is 15. The molecule has 0 fully saturated rings. The number of benzene rings is 4. The Kier molecular flexibility index (Phi) is 11.7. The standard InChI is InChI=1S/C35H38N4O7S/c1-4-26(2)36-35(41)33(23-27-12-7-5-8-13-27)37(24-28-14-11-15-31(22-28)46-3)34(40)25-38(29-18-20-30(21-19-29)39(42)43)47(44,45)32-16-9-6-10-17-32/h5-22,26,33H,4,23-25H2,1-3H3,(H,36,41)/t26-,33-/m0/s1. The van der Waals surface area contributed by atoms with Gasteiger partial charge in [-0.3, -0.25) is 24.0 Å². The molecule has 246 valence electrons. The molecule has 12 heteroatoms. The third kappa shape index (κ3) is 8.95. The van der Waals surface area contributed by atoms with Gasteiger partial charge in [-0.1, -0.05) is 67.6 Å². The first-order chi connectivity index (χ1) is 22.5. The molecule has 0 spiro atoms. The van der Waals surface area contributed by atoms with Crippen molar-refractivity contribution in [3.8, 4) is 5.75 Å². The SMILES string of the molecule is CC[C@H](C)NC(=O)[C@H](Cc1ccccc1)N(Cc1cccc(OC)c1)C(=O)CN(c1ccc([N+](=O)[O-])cc1)S(=O)(=O)c1ccccc1. The number of methoxy groups -OCH3 is 1. The molecular weight excluding hydrogens is 620 g/mol. The molecule has 0 saturated heterocycles. The molecule has 0 aliphatic heterocycles. The zero-order valence-electron chi connectivity index (χ0n) is 26.5. The van der Waals surface area contributed by atoms with E-state index < -0.39 is 33.4 Å². The van der Waals surface area contributed by atoms with Gasteiger partial charge in [0.1, 0.15) is 18.3 Å². The van der Waals surface area contributed by atoms with Gasteiger partial charge in [0.05, 0.1) is 22.6 Å². The van der Waals surface area contributed by atoms with Crippen LogP contribution in [-0.2, 0) is 32.6 Å². The summed E-state index contributed by atoms with van der Waals surface area (Å²) >= 11 is 0. The Morgan fingerprint density at radius 3 is 2.11 bits per heavy atom. The van der Waals surface area contributed by atoms with Gasteiger partial charge in [0.2, 0.25) is 11.8 Å². The first-order valence-corrected chi connectivity index (χ1v) is 16.6. The molecular formula is C35H38N4O7S. The number of hydrogen-bond donors (Lipinski definition) is 1. The van der Waals surface area contributed by atoms with E-state index in [0.717, 1.165) is 9.87 Å². The van der Waals surface area contributed by atoms with Crippen molar-refractivity contribution in [3.63, 3.8) is 0 Å². The van der Waals surface area contributed by atoms with Crippen LogP contribution in [-0.4, -0.2) is 55.8 Å². The van der Waals surface area contributed by atoms with Crippen LogP contribution in [0.15, 0.2) is 114 Å². The maximum Gasteiger partial charge on any atom is 0.269 e. The maximum absolute atomic E-state index is 14.5. The van der Waals surface area contributed by atoms with Gasteiger partial charge in [-0.2, -0.15) is 0 Å². The van der Waals surface area contributed by atoms with Gasteiger partial charge >= 0.3 is 0 Å². The van der Waals surface area contributed by atoms with Gasteiger partial charge in [-0.25, -0.2) is 8.42 Å². The molecule has 2 atom stereocenters. The Morgan fingerprint density at radius 1 is 0.894 bits per heavy atom. The van der Waals surface area contributed by atoms with E-state index in [0.29, 0.717) is 17.7 Å². The summed E-state index contributed by atoms with van der Waals surface area (Å²) in [4.78, 5) is 40.5. The number of amides is 2. The number of ether oxygens (including phenoxy) is 1. The zero-order valence-corrected chi connectivity index (χ0v) is 27.3. The Labute approximate surface area is 275 Å². The fourth-order valence-electron chi connectivity index (χ4n) is 4.95. The first kappa shape index (κ1) is 34.6. The van der Waals surface area contributed by atoms with E-state index in [9.17, 15) is 28.1 Å². The van der Waals surface area contributed by atoms with Crippen LogP contribution >= 0.6 is 0 Å². The molecule has 2 amide bonds. The topological polar surface area (TPSA) is 139 Å². The third-order valence-electron chi connectivity index (χ3n) is 7.72. The highest BCUT2D eigenvalue weighted by Crippen LogP contribution is 2.27. The van der Waals surface area contributed by atoms with E-state index in [1.807, 2.05) is 44.2 Å². The van der Waals surface area contributed by atoms with Crippen molar-refractivity contribution in [1.82, 2.24) is 10.2 Å². The Hall–Kier alpha value is -5.23. The molecule has 0 bridgehead atoms. The third-order valence-corrected chi connectivity index (χ3v) is 9.51. The monoisotopic (exact) mass is 658 g/mol. The maximum atomic E-state index is 14.5. The summed E-state index contributed by atoms with van der Waals surface area (Å²) in [7, 11) is -2.81. The van der Waals surface area contributed by atoms with Gasteiger partial charge in [-0.15, -0.1) is 0 Å². The highest BCUT2D eigenvalue weighted by atomic mass is 32.2. The van der Waals surface area contributed by atoms with Crippen molar-refractivity contribution in [2.75, 3.05) is 18.0 Å². The van der Waals surface area contributed by atoms with Crippen LogP contribution in [0.2, 0.25) is 0 Å². The molecule has 1 N–H and O–H groups in total. The Balaban J connectivity index is 1.82. The Bertz CT molecular complexity index is 1770. The molecule has 0 heterocycles. The molecule has 0 unspecified atom stereocenters. The average molecular weight is 659 g/mol. The van der Waals surface area contributed by atoms with Gasteiger partial charge in [-0.05, 0) is 60.9 Å². The number of carbonyl (C=O) groups is 2. The minimum absolute atomic E-state index is 0.0268. The number of non-ortho nitro benzene ring substituents is 1. The van der Waals surface area contributed by atoms with E-state index in [2.05, 4.69) is 5.32 Å². The van der Waals surface area contributed by atoms with Gasteiger partial charge in [0.25, 0.3) is 15.7 Å². The van der Waals surface area contributed by atoms with Crippen LogP contribution in [0, 0.1) is 10.1 Å². The fraction of sp³-hybridized carbons (Fsp3) is 0.257. The van der Waals surface area contributed by atoms with E-state index in [4.69, 9.17) is 4.74 Å². The van der Waals surface area contributed by atoms with Crippen molar-refractivity contribution < 1.29 is 27.7 Å². The van der Waals surface area contributed by atoms with E-state index in [1.54, 1.807) is 42.5 Å². The molecule has 0 radical (unpaired) electrons. The number of sulfonamides is 1. The number of carbonyl (C=O) groups excluding carboxylic acids is 2. The number of anilines is 1. The summed E-state index contributed by atoms with van der Waals surface area (Å²) in [5.74, 6) is -0.476. The normalized spacial score (nSPS) is 12.4. The molecule has 0 saturated carbocycles. The molecule has 0 aromatic heterocycles. The van der Waals surface area contributed by atoms with Gasteiger partial charge in [0, 0.05) is 31.1 Å². The second-order valence-corrected chi connectivity index (χ2v) is 12.9.